The van der Waals surface area contributed by atoms with Crippen LogP contribution >= 0.6 is 27.3 Å². The molecule has 4 rings (SSSR count). The van der Waals surface area contributed by atoms with Gasteiger partial charge in [0.2, 0.25) is 0 Å². The number of benzene rings is 2. The molecule has 3 aromatic rings. The first kappa shape index (κ1) is 24.6. The number of carboxylic acid groups (broad SMARTS) is 1. The van der Waals surface area contributed by atoms with Gasteiger partial charge in [0.1, 0.15) is 5.75 Å². The van der Waals surface area contributed by atoms with Crippen LogP contribution in [0.15, 0.2) is 74.1 Å². The quantitative estimate of drug-likeness (QED) is 0.448. The molecule has 10 heteroatoms. The Bertz CT molecular complexity index is 1510. The van der Waals surface area contributed by atoms with Crippen molar-refractivity contribution in [2.24, 2.45) is 4.99 Å². The normalized spacial score (nSPS) is 15.4. The molecule has 0 amide bonds. The highest BCUT2D eigenvalue weighted by Crippen LogP contribution is 2.31. The number of thiazole rings is 1. The lowest BCUT2D eigenvalue weighted by molar-refractivity contribution is -0.139. The third-order valence-electron chi connectivity index (χ3n) is 5.37. The molecule has 0 aliphatic carbocycles. The molecule has 1 aliphatic heterocycles. The molecule has 2 heterocycles. The summed E-state index contributed by atoms with van der Waals surface area (Å²) >= 11 is 4.62. The number of nitrogens with zero attached hydrogens (tertiary/aromatic N) is 2. The number of ether oxygens (including phenoxy) is 2. The van der Waals surface area contributed by atoms with Crippen molar-refractivity contribution in [3.8, 4) is 5.75 Å². The van der Waals surface area contributed by atoms with Crippen molar-refractivity contribution in [3.05, 3.63) is 95.1 Å². The first-order valence-corrected chi connectivity index (χ1v) is 12.3. The number of hydrogen-bond acceptors (Lipinski definition) is 7. The second-order valence-electron chi connectivity index (χ2n) is 7.57. The molecular formula is C25H21BrN2O6S. The second-order valence-corrected chi connectivity index (χ2v) is 9.43. The predicted molar refractivity (Wildman–Crippen MR) is 134 cm³/mol. The number of aliphatic carboxylic acids is 1. The summed E-state index contributed by atoms with van der Waals surface area (Å²) in [4.78, 5) is 42.3. The summed E-state index contributed by atoms with van der Waals surface area (Å²) in [7, 11) is 1.32. The molecule has 35 heavy (non-hydrogen) atoms. The van der Waals surface area contributed by atoms with E-state index < -0.39 is 24.6 Å². The fraction of sp³-hybridized carbons (Fsp3) is 0.200. The molecule has 0 bridgehead atoms. The zero-order chi connectivity index (χ0) is 25.1. The van der Waals surface area contributed by atoms with Crippen LogP contribution in [0, 0.1) is 0 Å². The zero-order valence-electron chi connectivity index (χ0n) is 18.9. The minimum atomic E-state index is -1.08. The van der Waals surface area contributed by atoms with E-state index in [1.807, 2.05) is 37.3 Å². The van der Waals surface area contributed by atoms with Gasteiger partial charge in [-0.25, -0.2) is 14.6 Å². The number of methoxy groups -OCH3 is 1. The van der Waals surface area contributed by atoms with Crippen molar-refractivity contribution in [3.63, 3.8) is 0 Å². The van der Waals surface area contributed by atoms with Crippen LogP contribution in [-0.2, 0) is 14.3 Å². The lowest BCUT2D eigenvalue weighted by Gasteiger charge is -2.25. The van der Waals surface area contributed by atoms with Gasteiger partial charge in [-0.1, -0.05) is 54.7 Å². The van der Waals surface area contributed by atoms with E-state index in [0.29, 0.717) is 42.8 Å². The SMILES string of the molecule is CCC1=C(C(=O)OC)[C@H](c2ccccc2)n2c(s/c(=C\c3ccc(OCC(=O)O)c(Br)c3)c2=O)=N1. The van der Waals surface area contributed by atoms with Gasteiger partial charge in [-0.2, -0.15) is 0 Å². The van der Waals surface area contributed by atoms with E-state index in [-0.39, 0.29) is 5.56 Å². The van der Waals surface area contributed by atoms with E-state index in [9.17, 15) is 14.4 Å². The van der Waals surface area contributed by atoms with E-state index >= 15 is 0 Å². The number of carbonyl (C=O) groups excluding carboxylic acids is 1. The molecule has 0 radical (unpaired) electrons. The molecule has 0 spiro atoms. The molecule has 0 fully saturated rings. The summed E-state index contributed by atoms with van der Waals surface area (Å²) in [5, 5.41) is 8.81. The van der Waals surface area contributed by atoms with Crippen LogP contribution in [0.2, 0.25) is 0 Å². The van der Waals surface area contributed by atoms with E-state index in [0.717, 1.165) is 5.56 Å². The minimum absolute atomic E-state index is 0.276. The number of rotatable bonds is 7. The first-order chi connectivity index (χ1) is 16.8. The number of carboxylic acids is 1. The lowest BCUT2D eigenvalue weighted by atomic mass is 9.95. The molecule has 180 valence electrons. The summed E-state index contributed by atoms with van der Waals surface area (Å²) in [6.07, 6.45) is 2.23. The zero-order valence-corrected chi connectivity index (χ0v) is 21.3. The Morgan fingerprint density at radius 3 is 2.60 bits per heavy atom. The van der Waals surface area contributed by atoms with Gasteiger partial charge in [0, 0.05) is 0 Å². The number of carbonyl (C=O) groups is 2. The Kier molecular flexibility index (Phi) is 7.32. The van der Waals surface area contributed by atoms with E-state index in [1.54, 1.807) is 24.3 Å². The van der Waals surface area contributed by atoms with Crippen LogP contribution in [0.25, 0.3) is 6.08 Å². The maximum atomic E-state index is 13.6. The van der Waals surface area contributed by atoms with E-state index in [4.69, 9.17) is 14.6 Å². The largest absolute Gasteiger partial charge is 0.481 e. The van der Waals surface area contributed by atoms with E-state index in [2.05, 4.69) is 20.9 Å². The molecule has 1 aromatic heterocycles. The molecule has 8 nitrogen and oxygen atoms in total. The third kappa shape index (κ3) is 4.98. The van der Waals surface area contributed by atoms with E-state index in [1.165, 1.54) is 23.0 Å². The fourth-order valence-corrected chi connectivity index (χ4v) is 5.36. The highest BCUT2D eigenvalue weighted by molar-refractivity contribution is 9.10. The van der Waals surface area contributed by atoms with Crippen molar-refractivity contribution < 1.29 is 24.2 Å². The summed E-state index contributed by atoms with van der Waals surface area (Å²) in [6.45, 7) is 1.45. The number of halogens is 1. The van der Waals surface area contributed by atoms with Gasteiger partial charge in [-0.15, -0.1) is 0 Å². The Hall–Kier alpha value is -3.50. The molecule has 1 aliphatic rings. The van der Waals surface area contributed by atoms with Gasteiger partial charge in [0.15, 0.2) is 11.4 Å². The van der Waals surface area contributed by atoms with Crippen LogP contribution in [0.1, 0.15) is 30.5 Å². The first-order valence-electron chi connectivity index (χ1n) is 10.7. The van der Waals surface area contributed by atoms with Crippen molar-refractivity contribution in [1.82, 2.24) is 4.57 Å². The van der Waals surface area contributed by atoms with Gasteiger partial charge < -0.3 is 14.6 Å². The maximum absolute atomic E-state index is 13.6. The fourth-order valence-electron chi connectivity index (χ4n) is 3.83. The Balaban J connectivity index is 1.86. The van der Waals surface area contributed by atoms with Crippen LogP contribution in [-0.4, -0.2) is 35.3 Å². The van der Waals surface area contributed by atoms with Crippen LogP contribution in [0.4, 0.5) is 0 Å². The Morgan fingerprint density at radius 2 is 1.97 bits per heavy atom. The molecule has 0 saturated carbocycles. The van der Waals surface area contributed by atoms with Crippen molar-refractivity contribution in [2.45, 2.75) is 19.4 Å². The molecule has 1 N–H and O–H groups in total. The van der Waals surface area contributed by atoms with Gasteiger partial charge in [-0.3, -0.25) is 9.36 Å². The van der Waals surface area contributed by atoms with Crippen molar-refractivity contribution in [2.75, 3.05) is 13.7 Å². The van der Waals surface area contributed by atoms with Crippen LogP contribution in [0.5, 0.6) is 5.75 Å². The van der Waals surface area contributed by atoms with Crippen LogP contribution < -0.4 is 19.6 Å². The molecule has 0 saturated heterocycles. The highest BCUT2D eigenvalue weighted by atomic mass is 79.9. The predicted octanol–water partition coefficient (Wildman–Crippen LogP) is 3.02. The summed E-state index contributed by atoms with van der Waals surface area (Å²) in [5.41, 5.74) is 2.15. The number of aromatic nitrogens is 1. The maximum Gasteiger partial charge on any atom is 0.341 e. The van der Waals surface area contributed by atoms with Gasteiger partial charge >= 0.3 is 11.9 Å². The lowest BCUT2D eigenvalue weighted by Crippen LogP contribution is -2.40. The average molecular weight is 557 g/mol. The minimum Gasteiger partial charge on any atom is -0.481 e. The Labute approximate surface area is 212 Å². The molecular weight excluding hydrogens is 536 g/mol. The van der Waals surface area contributed by atoms with Gasteiger partial charge in [0.25, 0.3) is 5.56 Å². The standard InChI is InChI=1S/C25H21BrN2O6S/c1-3-17-21(24(32)33-2)22(15-7-5-4-6-8-15)28-23(31)19(35-25(28)27-17)12-14-9-10-18(16(26)11-14)34-13-20(29)30/h4-12,22H,3,13H2,1-2H3,(H,29,30)/b19-12-/t22-/m0/s1. The number of allylic oxidation sites excluding steroid dienone is 1. The van der Waals surface area contributed by atoms with Crippen molar-refractivity contribution in [1.29, 1.82) is 0 Å². The Morgan fingerprint density at radius 1 is 1.23 bits per heavy atom. The molecule has 2 aromatic carbocycles. The molecule has 1 atom stereocenters. The van der Waals surface area contributed by atoms with Gasteiger partial charge in [0.05, 0.1) is 33.4 Å². The van der Waals surface area contributed by atoms with Gasteiger partial charge in [-0.05, 0) is 51.7 Å². The average Bonchev–Trinajstić information content (AvgIpc) is 3.16. The van der Waals surface area contributed by atoms with Crippen molar-refractivity contribution >= 4 is 45.3 Å². The third-order valence-corrected chi connectivity index (χ3v) is 6.97. The monoisotopic (exact) mass is 556 g/mol. The number of fused-ring (bicyclic) bond motifs is 1. The molecule has 0 unspecified atom stereocenters. The van der Waals surface area contributed by atoms with Crippen LogP contribution in [0.3, 0.4) is 0 Å². The summed E-state index contributed by atoms with van der Waals surface area (Å²) < 4.78 is 12.8. The smallest absolute Gasteiger partial charge is 0.341 e. The second kappa shape index (κ2) is 10.4. The summed E-state index contributed by atoms with van der Waals surface area (Å²) in [6, 6.07) is 13.8. The number of hydrogen-bond donors (Lipinski definition) is 1. The summed E-state index contributed by atoms with van der Waals surface area (Å²) in [5.74, 6) is -1.21. The topological polar surface area (TPSA) is 107 Å². The highest BCUT2D eigenvalue weighted by Gasteiger charge is 2.33. The number of esters is 1.